The summed E-state index contributed by atoms with van der Waals surface area (Å²) in [5.41, 5.74) is 1.13. The maximum absolute atomic E-state index is 13.8. The van der Waals surface area contributed by atoms with E-state index in [0.29, 0.717) is 28.5 Å². The van der Waals surface area contributed by atoms with E-state index >= 15 is 0 Å². The molecule has 6 rings (SSSR count). The fraction of sp³-hybridized carbons (Fsp3) is 0.348. The van der Waals surface area contributed by atoms with Crippen LogP contribution in [0.2, 0.25) is 5.02 Å². The smallest absolute Gasteiger partial charge is 0.250 e. The molecule has 0 radical (unpaired) electrons. The highest BCUT2D eigenvalue weighted by molar-refractivity contribution is 6.35. The molecule has 2 aromatic carbocycles. The first-order valence-electron chi connectivity index (χ1n) is 10.4. The molecule has 4 aliphatic heterocycles. The van der Waals surface area contributed by atoms with Crippen molar-refractivity contribution in [2.24, 2.45) is 11.8 Å². The Labute approximate surface area is 183 Å². The number of nitrogens with zero attached hydrogens (tertiary/aromatic N) is 2. The van der Waals surface area contributed by atoms with Crippen molar-refractivity contribution in [3.05, 3.63) is 58.4 Å². The molecule has 4 atom stereocenters. The van der Waals surface area contributed by atoms with E-state index < -0.39 is 29.1 Å². The summed E-state index contributed by atoms with van der Waals surface area (Å²) < 4.78 is 13.4. The van der Waals surface area contributed by atoms with Crippen LogP contribution in [0.1, 0.15) is 24.0 Å². The summed E-state index contributed by atoms with van der Waals surface area (Å²) in [6.07, 6.45) is 1.58. The number of rotatable bonds is 1. The Kier molecular flexibility index (Phi) is 3.76. The molecule has 4 heterocycles. The molecular weight excluding hydrogens is 421 g/mol. The highest BCUT2D eigenvalue weighted by atomic mass is 35.5. The molecule has 3 fully saturated rings. The van der Waals surface area contributed by atoms with Crippen molar-refractivity contribution in [2.45, 2.75) is 31.3 Å². The average Bonchev–Trinajstić information content (AvgIpc) is 3.42. The lowest BCUT2D eigenvalue weighted by Crippen LogP contribution is -2.54. The van der Waals surface area contributed by atoms with Crippen LogP contribution in [-0.2, 0) is 19.9 Å². The molecule has 1 N–H and O–H groups in total. The summed E-state index contributed by atoms with van der Waals surface area (Å²) in [6, 6.07) is 8.77. The predicted octanol–water partition coefficient (Wildman–Crippen LogP) is 3.22. The zero-order valence-corrected chi connectivity index (χ0v) is 17.4. The summed E-state index contributed by atoms with van der Waals surface area (Å²) in [7, 11) is 0. The van der Waals surface area contributed by atoms with E-state index in [1.165, 1.54) is 24.3 Å². The Hall–Kier alpha value is -2.77. The van der Waals surface area contributed by atoms with Gasteiger partial charge in [0, 0.05) is 11.6 Å². The van der Waals surface area contributed by atoms with Gasteiger partial charge in [0.1, 0.15) is 11.4 Å². The lowest BCUT2D eigenvalue weighted by Gasteiger charge is -2.36. The molecule has 1 spiro atoms. The quantitative estimate of drug-likeness (QED) is 0.693. The third kappa shape index (κ3) is 2.18. The number of nitrogens with one attached hydrogen (secondary N) is 1. The Morgan fingerprint density at radius 1 is 1.13 bits per heavy atom. The summed E-state index contributed by atoms with van der Waals surface area (Å²) in [4.78, 5) is 44.1. The van der Waals surface area contributed by atoms with Gasteiger partial charge in [-0.1, -0.05) is 17.7 Å². The third-order valence-corrected chi connectivity index (χ3v) is 7.58. The fourth-order valence-electron chi connectivity index (χ4n) is 6.24. The number of anilines is 2. The van der Waals surface area contributed by atoms with Crippen molar-refractivity contribution in [3.63, 3.8) is 0 Å². The van der Waals surface area contributed by atoms with Crippen LogP contribution in [0.25, 0.3) is 0 Å². The number of hydrogen-bond donors (Lipinski definition) is 1. The van der Waals surface area contributed by atoms with Gasteiger partial charge < -0.3 is 5.32 Å². The second kappa shape index (κ2) is 6.14. The molecule has 6 nitrogen and oxygen atoms in total. The Bertz CT molecular complexity index is 1180. The van der Waals surface area contributed by atoms with Crippen LogP contribution in [0.15, 0.2) is 36.4 Å². The highest BCUT2D eigenvalue weighted by Gasteiger charge is 2.74. The number of amides is 3. The van der Waals surface area contributed by atoms with Gasteiger partial charge in [0.25, 0.3) is 5.91 Å². The Morgan fingerprint density at radius 2 is 1.87 bits per heavy atom. The fourth-order valence-corrected chi connectivity index (χ4v) is 6.56. The molecule has 0 aromatic heterocycles. The highest BCUT2D eigenvalue weighted by Crippen LogP contribution is 2.61. The Morgan fingerprint density at radius 3 is 2.61 bits per heavy atom. The first-order chi connectivity index (χ1) is 14.9. The molecule has 3 saturated heterocycles. The van der Waals surface area contributed by atoms with Crippen LogP contribution < -0.4 is 10.2 Å². The zero-order chi connectivity index (χ0) is 21.7. The standard InChI is InChI=1S/C23H19ClFN3O3/c1-11-9-14-19(15(24)10-11)26-22(31)23(14)18-17(16-3-2-8-27(16)23)20(29)28(21(18)30)13-6-4-12(25)5-7-13/h4-7,9-10,16-18H,2-3,8H2,1H3,(H,26,31). The number of carbonyl (C=O) groups excluding carboxylic acids is 3. The molecule has 3 amide bonds. The minimum atomic E-state index is -1.27. The van der Waals surface area contributed by atoms with Gasteiger partial charge in [0.05, 0.1) is 28.2 Å². The lowest BCUT2D eigenvalue weighted by molar-refractivity contribution is -0.135. The normalized spacial score (nSPS) is 31.4. The minimum Gasteiger partial charge on any atom is -0.323 e. The van der Waals surface area contributed by atoms with Gasteiger partial charge in [-0.25, -0.2) is 9.29 Å². The van der Waals surface area contributed by atoms with Gasteiger partial charge in [-0.2, -0.15) is 0 Å². The van der Waals surface area contributed by atoms with Gasteiger partial charge >= 0.3 is 0 Å². The van der Waals surface area contributed by atoms with E-state index in [0.717, 1.165) is 23.3 Å². The number of benzene rings is 2. The summed E-state index contributed by atoms with van der Waals surface area (Å²) in [5.74, 6) is -2.98. The molecule has 2 aromatic rings. The number of fused-ring (bicyclic) bond motifs is 7. The van der Waals surface area contributed by atoms with Gasteiger partial charge in [0.15, 0.2) is 0 Å². The number of aryl methyl sites for hydroxylation is 1. The maximum Gasteiger partial charge on any atom is 0.250 e. The van der Waals surface area contributed by atoms with Crippen LogP contribution in [-0.4, -0.2) is 35.2 Å². The number of carbonyl (C=O) groups is 3. The van der Waals surface area contributed by atoms with Crippen molar-refractivity contribution in [2.75, 3.05) is 16.8 Å². The molecule has 8 heteroatoms. The van der Waals surface area contributed by atoms with Crippen LogP contribution in [0.4, 0.5) is 15.8 Å². The lowest BCUT2D eigenvalue weighted by atomic mass is 9.75. The molecular formula is C23H19ClFN3O3. The minimum absolute atomic E-state index is 0.206. The molecule has 4 aliphatic rings. The van der Waals surface area contributed by atoms with Gasteiger partial charge in [0.2, 0.25) is 11.8 Å². The SMILES string of the molecule is Cc1cc(Cl)c2c(c1)C1(C(=O)N2)C2C(=O)N(c3ccc(F)cc3)C(=O)C2C2CCCN21. The molecule has 4 unspecified atom stereocenters. The van der Waals surface area contributed by atoms with E-state index in [2.05, 4.69) is 10.2 Å². The summed E-state index contributed by atoms with van der Waals surface area (Å²) in [5, 5.41) is 3.33. The first kappa shape index (κ1) is 19.0. The number of halogens is 2. The largest absolute Gasteiger partial charge is 0.323 e. The predicted molar refractivity (Wildman–Crippen MR) is 112 cm³/mol. The van der Waals surface area contributed by atoms with E-state index in [9.17, 15) is 18.8 Å². The van der Waals surface area contributed by atoms with E-state index in [4.69, 9.17) is 11.6 Å². The second-order valence-electron chi connectivity index (χ2n) is 8.78. The van der Waals surface area contributed by atoms with Crippen molar-refractivity contribution in [3.8, 4) is 0 Å². The molecule has 158 valence electrons. The third-order valence-electron chi connectivity index (χ3n) is 7.28. The van der Waals surface area contributed by atoms with Crippen molar-refractivity contribution in [1.29, 1.82) is 0 Å². The monoisotopic (exact) mass is 439 g/mol. The molecule has 0 bridgehead atoms. The number of hydrogen-bond acceptors (Lipinski definition) is 4. The van der Waals surface area contributed by atoms with Crippen molar-refractivity contribution < 1.29 is 18.8 Å². The van der Waals surface area contributed by atoms with Crippen LogP contribution >= 0.6 is 11.6 Å². The van der Waals surface area contributed by atoms with E-state index in [1.807, 2.05) is 13.0 Å². The molecule has 0 saturated carbocycles. The summed E-state index contributed by atoms with van der Waals surface area (Å²) in [6.45, 7) is 2.52. The van der Waals surface area contributed by atoms with Crippen molar-refractivity contribution >= 4 is 40.7 Å². The molecule has 31 heavy (non-hydrogen) atoms. The van der Waals surface area contributed by atoms with Gasteiger partial charge in [-0.15, -0.1) is 0 Å². The summed E-state index contributed by atoms with van der Waals surface area (Å²) >= 11 is 6.46. The van der Waals surface area contributed by atoms with Gasteiger partial charge in [-0.3, -0.25) is 19.3 Å². The zero-order valence-electron chi connectivity index (χ0n) is 16.7. The van der Waals surface area contributed by atoms with E-state index in [1.54, 1.807) is 6.07 Å². The topological polar surface area (TPSA) is 69.7 Å². The Balaban J connectivity index is 1.57. The maximum atomic E-state index is 13.8. The van der Waals surface area contributed by atoms with E-state index in [-0.39, 0.29) is 17.9 Å². The average molecular weight is 440 g/mol. The second-order valence-corrected chi connectivity index (χ2v) is 9.19. The van der Waals surface area contributed by atoms with Crippen LogP contribution in [0.5, 0.6) is 0 Å². The van der Waals surface area contributed by atoms with Crippen LogP contribution in [0, 0.1) is 24.6 Å². The van der Waals surface area contributed by atoms with Crippen LogP contribution in [0.3, 0.4) is 0 Å². The first-order valence-corrected chi connectivity index (χ1v) is 10.8. The van der Waals surface area contributed by atoms with Crippen molar-refractivity contribution in [1.82, 2.24) is 4.90 Å². The molecule has 0 aliphatic carbocycles. The van der Waals surface area contributed by atoms with Gasteiger partial charge in [-0.05, 0) is 62.2 Å². The number of imide groups is 1.